The molecule has 0 aliphatic carbocycles. The molecule has 1 N–H and O–H groups in total. The van der Waals surface area contributed by atoms with Gasteiger partial charge in [-0.15, -0.1) is 0 Å². The summed E-state index contributed by atoms with van der Waals surface area (Å²) in [5, 5.41) is 3.40. The lowest BCUT2D eigenvalue weighted by atomic mass is 10.0. The van der Waals surface area contributed by atoms with Gasteiger partial charge in [-0.3, -0.25) is 4.90 Å². The highest BCUT2D eigenvalue weighted by Gasteiger charge is 2.21. The lowest BCUT2D eigenvalue weighted by molar-refractivity contribution is 0.206. The quantitative estimate of drug-likeness (QED) is 0.878. The number of halogens is 2. The Balaban J connectivity index is 1.61. The van der Waals surface area contributed by atoms with Gasteiger partial charge in [0.1, 0.15) is 5.82 Å². The molecule has 0 amide bonds. The van der Waals surface area contributed by atoms with E-state index >= 15 is 0 Å². The van der Waals surface area contributed by atoms with Crippen LogP contribution < -0.4 is 5.32 Å². The summed E-state index contributed by atoms with van der Waals surface area (Å²) < 4.78 is 14.8. The van der Waals surface area contributed by atoms with Gasteiger partial charge in [0.25, 0.3) is 0 Å². The predicted octanol–water partition coefficient (Wildman–Crippen LogP) is 3.76. The van der Waals surface area contributed by atoms with Gasteiger partial charge >= 0.3 is 0 Å². The number of nitrogens with zero attached hydrogens (tertiary/aromatic N) is 3. The van der Waals surface area contributed by atoms with Crippen LogP contribution in [0.1, 0.15) is 24.1 Å². The molecule has 1 aromatic carbocycles. The van der Waals surface area contributed by atoms with Crippen LogP contribution in [-0.4, -0.2) is 34.0 Å². The SMILES string of the molecule is Cc1ccnc(NC2CCCN(Cc3ccc(Br)cc3F)C2)n1. The minimum atomic E-state index is -0.156. The minimum absolute atomic E-state index is 0.156. The second kappa shape index (κ2) is 7.36. The number of rotatable bonds is 4. The molecule has 1 aliphatic rings. The molecule has 2 heterocycles. The highest BCUT2D eigenvalue weighted by Crippen LogP contribution is 2.20. The van der Waals surface area contributed by atoms with Gasteiger partial charge in [-0.1, -0.05) is 22.0 Å². The highest BCUT2D eigenvalue weighted by molar-refractivity contribution is 9.10. The summed E-state index contributed by atoms with van der Waals surface area (Å²) in [6.45, 7) is 4.44. The molecule has 122 valence electrons. The molecule has 1 saturated heterocycles. The molecule has 0 saturated carbocycles. The normalized spacial score (nSPS) is 18.8. The Morgan fingerprint density at radius 3 is 3.04 bits per heavy atom. The Kier molecular flexibility index (Phi) is 5.23. The Hall–Kier alpha value is -1.53. The van der Waals surface area contributed by atoms with E-state index in [-0.39, 0.29) is 5.82 Å². The molecule has 6 heteroatoms. The number of anilines is 1. The Morgan fingerprint density at radius 1 is 1.39 bits per heavy atom. The summed E-state index contributed by atoms with van der Waals surface area (Å²) in [7, 11) is 0. The average molecular weight is 379 g/mol. The summed E-state index contributed by atoms with van der Waals surface area (Å²) in [5.74, 6) is 0.517. The van der Waals surface area contributed by atoms with Crippen LogP contribution in [0.2, 0.25) is 0 Å². The van der Waals surface area contributed by atoms with E-state index in [0.29, 0.717) is 18.5 Å². The standard InChI is InChI=1S/C17H20BrFN4/c1-12-6-7-20-17(21-12)22-15-3-2-8-23(11-15)10-13-4-5-14(18)9-16(13)19/h4-7,9,15H,2-3,8,10-11H2,1H3,(H,20,21,22). The van der Waals surface area contributed by atoms with Crippen LogP contribution in [0, 0.1) is 12.7 Å². The van der Waals surface area contributed by atoms with Gasteiger partial charge in [0, 0.05) is 41.1 Å². The molecular weight excluding hydrogens is 359 g/mol. The highest BCUT2D eigenvalue weighted by atomic mass is 79.9. The van der Waals surface area contributed by atoms with E-state index in [0.717, 1.165) is 41.7 Å². The van der Waals surface area contributed by atoms with Crippen LogP contribution in [0.3, 0.4) is 0 Å². The molecule has 23 heavy (non-hydrogen) atoms. The fraction of sp³-hybridized carbons (Fsp3) is 0.412. The van der Waals surface area contributed by atoms with Crippen molar-refractivity contribution in [2.75, 3.05) is 18.4 Å². The molecule has 1 unspecified atom stereocenters. The lowest BCUT2D eigenvalue weighted by Crippen LogP contribution is -2.42. The van der Waals surface area contributed by atoms with Crippen LogP contribution >= 0.6 is 15.9 Å². The number of piperidine rings is 1. The smallest absolute Gasteiger partial charge is 0.223 e. The number of aryl methyl sites for hydroxylation is 1. The third-order valence-electron chi connectivity index (χ3n) is 4.04. The van der Waals surface area contributed by atoms with Crippen LogP contribution in [0.15, 0.2) is 34.9 Å². The van der Waals surface area contributed by atoms with E-state index in [4.69, 9.17) is 0 Å². The van der Waals surface area contributed by atoms with Gasteiger partial charge in [0.15, 0.2) is 0 Å². The number of benzene rings is 1. The molecule has 2 aromatic rings. The van der Waals surface area contributed by atoms with E-state index in [1.807, 2.05) is 25.1 Å². The summed E-state index contributed by atoms with van der Waals surface area (Å²) in [6, 6.07) is 7.44. The van der Waals surface area contributed by atoms with Crippen molar-refractivity contribution in [3.63, 3.8) is 0 Å². The lowest BCUT2D eigenvalue weighted by Gasteiger charge is -2.33. The van der Waals surface area contributed by atoms with E-state index in [1.54, 1.807) is 6.20 Å². The van der Waals surface area contributed by atoms with Gasteiger partial charge in [0.05, 0.1) is 0 Å². The molecule has 1 aromatic heterocycles. The molecule has 1 aliphatic heterocycles. The minimum Gasteiger partial charge on any atom is -0.350 e. The van der Waals surface area contributed by atoms with Crippen LogP contribution in [-0.2, 0) is 6.54 Å². The van der Waals surface area contributed by atoms with Crippen molar-refractivity contribution in [1.29, 1.82) is 0 Å². The summed E-state index contributed by atoms with van der Waals surface area (Å²) in [5.41, 5.74) is 1.69. The predicted molar refractivity (Wildman–Crippen MR) is 92.8 cm³/mol. The second-order valence-electron chi connectivity index (χ2n) is 5.98. The largest absolute Gasteiger partial charge is 0.350 e. The molecule has 0 radical (unpaired) electrons. The fourth-order valence-electron chi connectivity index (χ4n) is 2.91. The van der Waals surface area contributed by atoms with Crippen molar-refractivity contribution < 1.29 is 4.39 Å². The van der Waals surface area contributed by atoms with Gasteiger partial charge < -0.3 is 5.32 Å². The molecular formula is C17H20BrFN4. The zero-order chi connectivity index (χ0) is 16.2. The summed E-state index contributed by atoms with van der Waals surface area (Å²) in [6.07, 6.45) is 3.93. The van der Waals surface area contributed by atoms with Crippen LogP contribution in [0.4, 0.5) is 10.3 Å². The topological polar surface area (TPSA) is 41.1 Å². The van der Waals surface area contributed by atoms with E-state index < -0.39 is 0 Å². The third-order valence-corrected chi connectivity index (χ3v) is 4.54. The van der Waals surface area contributed by atoms with Gasteiger partial charge in [-0.25, -0.2) is 14.4 Å². The maximum absolute atomic E-state index is 14.0. The van der Waals surface area contributed by atoms with Crippen molar-refractivity contribution in [2.24, 2.45) is 0 Å². The Morgan fingerprint density at radius 2 is 2.26 bits per heavy atom. The zero-order valence-corrected chi connectivity index (χ0v) is 14.7. The molecule has 4 nitrogen and oxygen atoms in total. The zero-order valence-electron chi connectivity index (χ0n) is 13.1. The molecule has 3 rings (SSSR count). The van der Waals surface area contributed by atoms with Crippen molar-refractivity contribution in [2.45, 2.75) is 32.4 Å². The van der Waals surface area contributed by atoms with Gasteiger partial charge in [-0.05, 0) is 44.5 Å². The van der Waals surface area contributed by atoms with Crippen molar-refractivity contribution in [1.82, 2.24) is 14.9 Å². The molecule has 0 spiro atoms. The van der Waals surface area contributed by atoms with Crippen molar-refractivity contribution >= 4 is 21.9 Å². The summed E-state index contributed by atoms with van der Waals surface area (Å²) in [4.78, 5) is 10.9. The van der Waals surface area contributed by atoms with E-state index in [9.17, 15) is 4.39 Å². The van der Waals surface area contributed by atoms with Crippen LogP contribution in [0.5, 0.6) is 0 Å². The maximum atomic E-state index is 14.0. The number of hydrogen-bond acceptors (Lipinski definition) is 4. The first-order chi connectivity index (χ1) is 11.1. The fourth-order valence-corrected chi connectivity index (χ4v) is 3.24. The van der Waals surface area contributed by atoms with E-state index in [2.05, 4.69) is 36.1 Å². The van der Waals surface area contributed by atoms with E-state index in [1.165, 1.54) is 6.07 Å². The van der Waals surface area contributed by atoms with Crippen molar-refractivity contribution in [3.05, 3.63) is 52.0 Å². The number of hydrogen-bond donors (Lipinski definition) is 1. The van der Waals surface area contributed by atoms with Gasteiger partial charge in [0.2, 0.25) is 5.95 Å². The Labute approximate surface area is 144 Å². The number of aromatic nitrogens is 2. The average Bonchev–Trinajstić information content (AvgIpc) is 2.51. The molecule has 1 fully saturated rings. The first-order valence-corrected chi connectivity index (χ1v) is 8.62. The number of nitrogens with one attached hydrogen (secondary N) is 1. The second-order valence-corrected chi connectivity index (χ2v) is 6.89. The molecule has 1 atom stereocenters. The molecule has 0 bridgehead atoms. The first kappa shape index (κ1) is 16.3. The Bertz CT molecular complexity index is 679. The maximum Gasteiger partial charge on any atom is 0.223 e. The van der Waals surface area contributed by atoms with Crippen molar-refractivity contribution in [3.8, 4) is 0 Å². The monoisotopic (exact) mass is 378 g/mol. The first-order valence-electron chi connectivity index (χ1n) is 7.82. The summed E-state index contributed by atoms with van der Waals surface area (Å²) >= 11 is 3.30. The third kappa shape index (κ3) is 4.48. The van der Waals surface area contributed by atoms with Crippen LogP contribution in [0.25, 0.3) is 0 Å². The van der Waals surface area contributed by atoms with Gasteiger partial charge in [-0.2, -0.15) is 0 Å². The number of likely N-dealkylation sites (tertiary alicyclic amines) is 1.